The third-order valence-corrected chi connectivity index (χ3v) is 2.48. The molecule has 1 atom stereocenters. The maximum atomic E-state index is 11.1. The van der Waals surface area contributed by atoms with Crippen molar-refractivity contribution in [3.63, 3.8) is 0 Å². The van der Waals surface area contributed by atoms with Gasteiger partial charge < -0.3 is 16.8 Å². The van der Waals surface area contributed by atoms with Crippen LogP contribution in [0.25, 0.3) is 0 Å². The van der Waals surface area contributed by atoms with Crippen molar-refractivity contribution >= 4 is 21.7 Å². The van der Waals surface area contributed by atoms with E-state index in [0.717, 1.165) is 6.26 Å². The third kappa shape index (κ3) is 7.89. The van der Waals surface area contributed by atoms with Crippen LogP contribution in [0, 0.1) is 0 Å². The molecule has 15 heavy (non-hydrogen) atoms. The second-order valence-corrected chi connectivity index (χ2v) is 5.46. The molecule has 0 spiro atoms. The highest BCUT2D eigenvalue weighted by Crippen LogP contribution is 1.87. The van der Waals surface area contributed by atoms with Crippen molar-refractivity contribution in [1.29, 1.82) is 0 Å². The number of nitrogens with two attached hydrogens (primary N) is 2. The average molecular weight is 237 g/mol. The molecule has 7 nitrogen and oxygen atoms in total. The molecule has 0 bridgehead atoms. The largest absolute Gasteiger partial charge is 0.370 e. The van der Waals surface area contributed by atoms with Gasteiger partial charge in [-0.2, -0.15) is 0 Å². The van der Waals surface area contributed by atoms with E-state index in [4.69, 9.17) is 11.5 Å². The Morgan fingerprint density at radius 1 is 1.40 bits per heavy atom. The van der Waals surface area contributed by atoms with Gasteiger partial charge in [-0.3, -0.25) is 9.59 Å². The fraction of sp³-hybridized carbons (Fsp3) is 0.714. The number of amides is 2. The molecule has 88 valence electrons. The summed E-state index contributed by atoms with van der Waals surface area (Å²) in [6, 6.07) is -1.03. The van der Waals surface area contributed by atoms with Crippen molar-refractivity contribution in [3.8, 4) is 0 Å². The molecular formula is C7H15N3O4S. The van der Waals surface area contributed by atoms with Crippen molar-refractivity contribution < 1.29 is 18.0 Å². The van der Waals surface area contributed by atoms with E-state index in [2.05, 4.69) is 5.32 Å². The highest BCUT2D eigenvalue weighted by atomic mass is 32.2. The molecule has 0 radical (unpaired) electrons. The maximum Gasteiger partial charge on any atom is 0.237 e. The number of hydrogen-bond acceptors (Lipinski definition) is 5. The first-order valence-electron chi connectivity index (χ1n) is 4.21. The van der Waals surface area contributed by atoms with Gasteiger partial charge in [0.15, 0.2) is 0 Å². The van der Waals surface area contributed by atoms with Gasteiger partial charge in [-0.25, -0.2) is 8.42 Å². The van der Waals surface area contributed by atoms with Gasteiger partial charge in [0.2, 0.25) is 11.8 Å². The Balaban J connectivity index is 3.89. The first-order valence-corrected chi connectivity index (χ1v) is 6.28. The van der Waals surface area contributed by atoms with Gasteiger partial charge in [-0.1, -0.05) is 0 Å². The van der Waals surface area contributed by atoms with Gasteiger partial charge in [-0.05, 0) is 0 Å². The van der Waals surface area contributed by atoms with Crippen molar-refractivity contribution in [3.05, 3.63) is 0 Å². The normalized spacial score (nSPS) is 13.2. The van der Waals surface area contributed by atoms with E-state index in [1.54, 1.807) is 0 Å². The van der Waals surface area contributed by atoms with Crippen molar-refractivity contribution in [1.82, 2.24) is 5.32 Å². The SMILES string of the molecule is CS(=O)(=O)CCNC(=O)C(N)CC(N)=O. The highest BCUT2D eigenvalue weighted by Gasteiger charge is 2.15. The van der Waals surface area contributed by atoms with Gasteiger partial charge in [-0.15, -0.1) is 0 Å². The Morgan fingerprint density at radius 3 is 2.33 bits per heavy atom. The fourth-order valence-corrected chi connectivity index (χ4v) is 1.27. The minimum absolute atomic E-state index is 0.0237. The van der Waals surface area contributed by atoms with Crippen LogP contribution in [0.5, 0.6) is 0 Å². The van der Waals surface area contributed by atoms with Gasteiger partial charge in [0.25, 0.3) is 0 Å². The van der Waals surface area contributed by atoms with Crippen LogP contribution in [-0.4, -0.2) is 44.8 Å². The summed E-state index contributed by atoms with van der Waals surface area (Å²) in [5, 5.41) is 2.29. The number of carbonyl (C=O) groups excluding carboxylic acids is 2. The molecule has 0 rings (SSSR count). The lowest BCUT2D eigenvalue weighted by Crippen LogP contribution is -2.44. The maximum absolute atomic E-state index is 11.1. The monoisotopic (exact) mass is 237 g/mol. The zero-order valence-electron chi connectivity index (χ0n) is 8.39. The summed E-state index contributed by atoms with van der Waals surface area (Å²) in [4.78, 5) is 21.5. The Morgan fingerprint density at radius 2 is 1.93 bits per heavy atom. The van der Waals surface area contributed by atoms with Crippen LogP contribution in [-0.2, 0) is 19.4 Å². The van der Waals surface area contributed by atoms with Crippen LogP contribution in [0.15, 0.2) is 0 Å². The lowest BCUT2D eigenvalue weighted by Gasteiger charge is -2.09. The molecule has 1 unspecified atom stereocenters. The lowest BCUT2D eigenvalue weighted by atomic mass is 10.2. The topological polar surface area (TPSA) is 132 Å². The smallest absolute Gasteiger partial charge is 0.237 e. The van der Waals surface area contributed by atoms with Crippen LogP contribution in [0.3, 0.4) is 0 Å². The van der Waals surface area contributed by atoms with E-state index in [0.29, 0.717) is 0 Å². The van der Waals surface area contributed by atoms with Gasteiger partial charge >= 0.3 is 0 Å². The Labute approximate surface area is 88.1 Å². The Hall–Kier alpha value is -1.15. The zero-order chi connectivity index (χ0) is 12.1. The van der Waals surface area contributed by atoms with Crippen LogP contribution in [0.1, 0.15) is 6.42 Å². The zero-order valence-corrected chi connectivity index (χ0v) is 9.21. The molecule has 0 aliphatic carbocycles. The molecule has 0 aromatic carbocycles. The summed E-state index contributed by atoms with van der Waals surface area (Å²) in [7, 11) is -3.12. The molecule has 0 saturated heterocycles. The van der Waals surface area contributed by atoms with E-state index >= 15 is 0 Å². The van der Waals surface area contributed by atoms with Crippen LogP contribution in [0.4, 0.5) is 0 Å². The Bertz CT molecular complexity index is 338. The van der Waals surface area contributed by atoms with Crippen LogP contribution >= 0.6 is 0 Å². The molecule has 0 saturated carbocycles. The molecule has 0 aliphatic rings. The fourth-order valence-electron chi connectivity index (χ4n) is 0.800. The summed E-state index contributed by atoms with van der Waals surface area (Å²) in [6.07, 6.45) is 0.799. The van der Waals surface area contributed by atoms with Crippen molar-refractivity contribution in [2.24, 2.45) is 11.5 Å². The number of primary amides is 1. The first-order chi connectivity index (χ1) is 6.72. The summed E-state index contributed by atoms with van der Waals surface area (Å²) in [5.41, 5.74) is 10.1. The number of nitrogens with one attached hydrogen (secondary N) is 1. The summed E-state index contributed by atoms with van der Waals surface area (Å²) in [5.74, 6) is -1.43. The van der Waals surface area contributed by atoms with E-state index in [1.165, 1.54) is 0 Å². The quantitative estimate of drug-likeness (QED) is 0.464. The van der Waals surface area contributed by atoms with Crippen LogP contribution in [0.2, 0.25) is 0 Å². The molecule has 0 fully saturated rings. The second kappa shape index (κ2) is 5.66. The van der Waals surface area contributed by atoms with Gasteiger partial charge in [0.1, 0.15) is 9.84 Å². The predicted molar refractivity (Wildman–Crippen MR) is 54.5 cm³/mol. The van der Waals surface area contributed by atoms with E-state index < -0.39 is 27.7 Å². The third-order valence-electron chi connectivity index (χ3n) is 1.53. The summed E-state index contributed by atoms with van der Waals surface area (Å²) >= 11 is 0. The predicted octanol–water partition coefficient (Wildman–Crippen LogP) is -2.65. The highest BCUT2D eigenvalue weighted by molar-refractivity contribution is 7.90. The second-order valence-electron chi connectivity index (χ2n) is 3.20. The van der Waals surface area contributed by atoms with Gasteiger partial charge in [0.05, 0.1) is 18.2 Å². The van der Waals surface area contributed by atoms with Crippen LogP contribution < -0.4 is 16.8 Å². The lowest BCUT2D eigenvalue weighted by molar-refractivity contribution is -0.126. The summed E-state index contributed by atoms with van der Waals surface area (Å²) < 4.78 is 21.4. The standard InChI is InChI=1S/C7H15N3O4S/c1-15(13,14)3-2-10-7(12)5(8)4-6(9)11/h5H,2-4,8H2,1H3,(H2,9,11)(H,10,12). The molecule has 0 aromatic rings. The molecule has 5 N–H and O–H groups in total. The number of carbonyl (C=O) groups is 2. The molecular weight excluding hydrogens is 222 g/mol. The number of rotatable bonds is 6. The molecule has 0 aliphatic heterocycles. The Kier molecular flexibility index (Phi) is 5.23. The van der Waals surface area contributed by atoms with Crippen molar-refractivity contribution in [2.75, 3.05) is 18.6 Å². The molecule has 2 amide bonds. The van der Waals surface area contributed by atoms with E-state index in [9.17, 15) is 18.0 Å². The van der Waals surface area contributed by atoms with Gasteiger partial charge in [0, 0.05) is 12.8 Å². The average Bonchev–Trinajstić information content (AvgIpc) is 2.00. The number of hydrogen-bond donors (Lipinski definition) is 3. The minimum Gasteiger partial charge on any atom is -0.370 e. The van der Waals surface area contributed by atoms with E-state index in [-0.39, 0.29) is 18.7 Å². The minimum atomic E-state index is -3.12. The van der Waals surface area contributed by atoms with Crippen molar-refractivity contribution in [2.45, 2.75) is 12.5 Å². The summed E-state index contributed by atoms with van der Waals surface area (Å²) in [6.45, 7) is -0.0237. The first kappa shape index (κ1) is 13.8. The molecule has 8 heteroatoms. The van der Waals surface area contributed by atoms with E-state index in [1.807, 2.05) is 0 Å². The molecule has 0 aromatic heterocycles. The number of sulfone groups is 1. The molecule has 0 heterocycles.